The fourth-order valence-electron chi connectivity index (χ4n) is 1.65. The van der Waals surface area contributed by atoms with Gasteiger partial charge in [-0.3, -0.25) is 0 Å². The van der Waals surface area contributed by atoms with Crippen molar-refractivity contribution in [3.63, 3.8) is 0 Å². The molecule has 8 nitrogen and oxygen atoms in total. The van der Waals surface area contributed by atoms with E-state index in [1.165, 1.54) is 6.92 Å². The van der Waals surface area contributed by atoms with Crippen LogP contribution in [0.1, 0.15) is 13.8 Å². The molecular weight excluding hydrogens is 276 g/mol. The minimum atomic E-state index is -0.752. The molecular formula is C13H14N4O4. The van der Waals surface area contributed by atoms with Gasteiger partial charge in [0.05, 0.1) is 23.3 Å². The lowest BCUT2D eigenvalue weighted by atomic mass is 10.3. The van der Waals surface area contributed by atoms with Gasteiger partial charge in [0.25, 0.3) is 0 Å². The van der Waals surface area contributed by atoms with Gasteiger partial charge in [0.15, 0.2) is 0 Å². The van der Waals surface area contributed by atoms with Crippen LogP contribution in [0.25, 0.3) is 11.0 Å². The van der Waals surface area contributed by atoms with E-state index in [1.54, 1.807) is 25.1 Å². The molecule has 8 heteroatoms. The first-order valence-electron chi connectivity index (χ1n) is 6.22. The highest BCUT2D eigenvalue weighted by atomic mass is 16.5. The Morgan fingerprint density at radius 1 is 1.33 bits per heavy atom. The number of aliphatic hydroxyl groups excluding tert-OH is 1. The molecule has 0 fully saturated rings. The molecule has 21 heavy (non-hydrogen) atoms. The number of aromatic nitrogens is 2. The summed E-state index contributed by atoms with van der Waals surface area (Å²) in [6, 6.07) is 4.86. The van der Waals surface area contributed by atoms with Crippen LogP contribution < -0.4 is 5.69 Å². The molecule has 0 unspecified atom stereocenters. The van der Waals surface area contributed by atoms with Gasteiger partial charge in [-0.05, 0) is 32.0 Å². The van der Waals surface area contributed by atoms with Crippen LogP contribution in [0.5, 0.6) is 0 Å². The van der Waals surface area contributed by atoms with Crippen LogP contribution in [-0.2, 0) is 9.53 Å². The Balaban J connectivity index is 2.30. The molecule has 0 spiro atoms. The number of fused-ring (bicyclic) bond motifs is 1. The standard InChI is InChI=1S/C13H14N4O4/c1-3-21-12(19)11(7(2)18)17-16-8-4-5-9-10(6-8)15-13(20)14-9/h4-6,18H,3H2,1-2H3,(H2,14,15,20)/b11-7+,17-16?. The molecule has 110 valence electrons. The summed E-state index contributed by atoms with van der Waals surface area (Å²) < 4.78 is 4.76. The van der Waals surface area contributed by atoms with E-state index < -0.39 is 5.97 Å². The molecule has 0 amide bonds. The first-order chi connectivity index (χ1) is 10.0. The molecule has 1 aromatic heterocycles. The highest BCUT2D eigenvalue weighted by Crippen LogP contribution is 2.19. The van der Waals surface area contributed by atoms with Crippen molar-refractivity contribution in [3.8, 4) is 0 Å². The molecule has 0 aliphatic rings. The predicted molar refractivity (Wildman–Crippen MR) is 75.4 cm³/mol. The van der Waals surface area contributed by atoms with E-state index >= 15 is 0 Å². The zero-order valence-electron chi connectivity index (χ0n) is 11.5. The summed E-state index contributed by atoms with van der Waals surface area (Å²) in [7, 11) is 0. The molecule has 0 aliphatic heterocycles. The maximum Gasteiger partial charge on any atom is 0.362 e. The Hall–Kier alpha value is -2.90. The molecule has 1 aromatic carbocycles. The van der Waals surface area contributed by atoms with Gasteiger partial charge in [-0.1, -0.05) is 0 Å². The molecule has 0 saturated heterocycles. The van der Waals surface area contributed by atoms with Gasteiger partial charge >= 0.3 is 11.7 Å². The van der Waals surface area contributed by atoms with Gasteiger partial charge in [-0.2, -0.15) is 5.11 Å². The van der Waals surface area contributed by atoms with Gasteiger partial charge in [-0.15, -0.1) is 5.11 Å². The summed E-state index contributed by atoms with van der Waals surface area (Å²) in [4.78, 5) is 27.9. The third-order valence-corrected chi connectivity index (χ3v) is 2.58. The molecule has 1 heterocycles. The molecule has 0 saturated carbocycles. The number of H-pyrrole nitrogens is 2. The maximum absolute atomic E-state index is 11.6. The summed E-state index contributed by atoms with van der Waals surface area (Å²) in [5.74, 6) is -1.04. The average Bonchev–Trinajstić information content (AvgIpc) is 2.78. The normalized spacial score (nSPS) is 12.7. The monoisotopic (exact) mass is 290 g/mol. The predicted octanol–water partition coefficient (Wildman–Crippen LogP) is 2.29. The number of aliphatic hydroxyl groups is 1. The molecule has 2 aromatic rings. The van der Waals surface area contributed by atoms with Crippen molar-refractivity contribution in [2.45, 2.75) is 13.8 Å². The highest BCUT2D eigenvalue weighted by Gasteiger charge is 2.13. The number of carbonyl (C=O) groups is 1. The van der Waals surface area contributed by atoms with Gasteiger partial charge in [0.2, 0.25) is 5.70 Å². The number of carbonyl (C=O) groups excluding carboxylic acids is 1. The second-order valence-electron chi connectivity index (χ2n) is 4.16. The Bertz CT molecular complexity index is 781. The van der Waals surface area contributed by atoms with Gasteiger partial charge in [0.1, 0.15) is 5.76 Å². The zero-order chi connectivity index (χ0) is 15.4. The van der Waals surface area contributed by atoms with E-state index in [1.807, 2.05) is 0 Å². The molecule has 0 aliphatic carbocycles. The van der Waals surface area contributed by atoms with Crippen molar-refractivity contribution in [1.29, 1.82) is 0 Å². The lowest BCUT2D eigenvalue weighted by Crippen LogP contribution is -2.07. The van der Waals surface area contributed by atoms with Crippen LogP contribution in [0.3, 0.4) is 0 Å². The van der Waals surface area contributed by atoms with Crippen LogP contribution in [-0.4, -0.2) is 27.7 Å². The number of benzene rings is 1. The molecule has 0 atom stereocenters. The summed E-state index contributed by atoms with van der Waals surface area (Å²) in [5, 5.41) is 17.0. The van der Waals surface area contributed by atoms with E-state index in [9.17, 15) is 14.7 Å². The van der Waals surface area contributed by atoms with E-state index in [2.05, 4.69) is 20.2 Å². The molecule has 3 N–H and O–H groups in total. The first-order valence-corrected chi connectivity index (χ1v) is 6.22. The quantitative estimate of drug-likeness (QED) is 0.346. The number of nitrogens with one attached hydrogen (secondary N) is 2. The van der Waals surface area contributed by atoms with Gasteiger partial charge < -0.3 is 19.8 Å². The van der Waals surface area contributed by atoms with Crippen molar-refractivity contribution < 1.29 is 14.6 Å². The van der Waals surface area contributed by atoms with Crippen LogP contribution in [0.2, 0.25) is 0 Å². The largest absolute Gasteiger partial charge is 0.510 e. The first kappa shape index (κ1) is 14.5. The van der Waals surface area contributed by atoms with Crippen LogP contribution in [0, 0.1) is 0 Å². The fourth-order valence-corrected chi connectivity index (χ4v) is 1.65. The second kappa shape index (κ2) is 6.04. The SMILES string of the molecule is CCOC(=O)/C(N=Nc1ccc2[nH]c(=O)[nH]c2c1)=C(/C)O. The fraction of sp³-hybridized carbons (Fsp3) is 0.231. The number of azo groups is 1. The van der Waals surface area contributed by atoms with Crippen molar-refractivity contribution in [3.05, 3.63) is 40.1 Å². The van der Waals surface area contributed by atoms with Gasteiger partial charge in [0, 0.05) is 0 Å². The number of nitrogens with zero attached hydrogens (tertiary/aromatic N) is 2. The Kier molecular flexibility index (Phi) is 4.17. The zero-order valence-corrected chi connectivity index (χ0v) is 11.5. The van der Waals surface area contributed by atoms with Crippen LogP contribution >= 0.6 is 0 Å². The molecule has 2 rings (SSSR count). The highest BCUT2D eigenvalue weighted by molar-refractivity contribution is 5.88. The number of esters is 1. The molecule has 0 bridgehead atoms. The van der Waals surface area contributed by atoms with E-state index in [0.29, 0.717) is 16.7 Å². The lowest BCUT2D eigenvalue weighted by molar-refractivity contribution is -0.138. The summed E-state index contributed by atoms with van der Waals surface area (Å²) in [5.41, 5.74) is 1.04. The van der Waals surface area contributed by atoms with Crippen LogP contribution in [0.4, 0.5) is 5.69 Å². The average molecular weight is 290 g/mol. The number of rotatable bonds is 4. The molecule has 0 radical (unpaired) electrons. The number of allylic oxidation sites excluding steroid dienone is 1. The van der Waals surface area contributed by atoms with Crippen molar-refractivity contribution >= 4 is 22.7 Å². The van der Waals surface area contributed by atoms with Crippen LogP contribution in [0.15, 0.2) is 44.7 Å². The van der Waals surface area contributed by atoms with Crippen molar-refractivity contribution in [2.24, 2.45) is 10.2 Å². The third kappa shape index (κ3) is 3.35. The second-order valence-corrected chi connectivity index (χ2v) is 4.16. The minimum Gasteiger partial charge on any atom is -0.510 e. The van der Waals surface area contributed by atoms with Crippen molar-refractivity contribution in [1.82, 2.24) is 9.97 Å². The summed E-state index contributed by atoms with van der Waals surface area (Å²) >= 11 is 0. The topological polar surface area (TPSA) is 120 Å². The number of hydrogen-bond acceptors (Lipinski definition) is 6. The number of aromatic amines is 2. The Labute approximate surface area is 119 Å². The van der Waals surface area contributed by atoms with E-state index in [4.69, 9.17) is 4.74 Å². The van der Waals surface area contributed by atoms with E-state index in [0.717, 1.165) is 0 Å². The Morgan fingerprint density at radius 2 is 2.05 bits per heavy atom. The third-order valence-electron chi connectivity index (χ3n) is 2.58. The van der Waals surface area contributed by atoms with Crippen molar-refractivity contribution in [2.75, 3.05) is 6.61 Å². The summed E-state index contributed by atoms with van der Waals surface area (Å²) in [6.07, 6.45) is 0. The number of hydrogen-bond donors (Lipinski definition) is 3. The number of ether oxygens (including phenoxy) is 1. The minimum absolute atomic E-state index is 0.168. The lowest BCUT2D eigenvalue weighted by Gasteiger charge is -2.01. The number of imidazole rings is 1. The smallest absolute Gasteiger partial charge is 0.362 e. The Morgan fingerprint density at radius 3 is 2.71 bits per heavy atom. The maximum atomic E-state index is 11.6. The van der Waals surface area contributed by atoms with Gasteiger partial charge in [-0.25, -0.2) is 9.59 Å². The van der Waals surface area contributed by atoms with E-state index in [-0.39, 0.29) is 23.8 Å². The summed E-state index contributed by atoms with van der Waals surface area (Å²) in [6.45, 7) is 3.13.